The third kappa shape index (κ3) is 4.47. The van der Waals surface area contributed by atoms with E-state index in [9.17, 15) is 19.2 Å². The minimum Gasteiger partial charge on any atom is -0.469 e. The molecule has 7 heteroatoms. The molecule has 0 saturated heterocycles. The molecule has 0 aliphatic carbocycles. The lowest BCUT2D eigenvalue weighted by molar-refractivity contribution is -0.141. The maximum Gasteiger partial charge on any atom is 0.307 e. The van der Waals surface area contributed by atoms with Crippen molar-refractivity contribution in [2.24, 2.45) is 0 Å². The van der Waals surface area contributed by atoms with Crippen LogP contribution in [0.4, 0.5) is 0 Å². The summed E-state index contributed by atoms with van der Waals surface area (Å²) in [5.41, 5.74) is 0.823. The lowest BCUT2D eigenvalue weighted by Crippen LogP contribution is -2.35. The zero-order valence-corrected chi connectivity index (χ0v) is 15.2. The molecule has 0 bridgehead atoms. The molecule has 0 atom stereocenters. The molecule has 1 heterocycles. The molecule has 0 aromatic heterocycles. The van der Waals surface area contributed by atoms with Crippen LogP contribution in [-0.2, 0) is 14.3 Å². The third-order valence-electron chi connectivity index (χ3n) is 4.31. The molecule has 26 heavy (non-hydrogen) atoms. The summed E-state index contributed by atoms with van der Waals surface area (Å²) in [7, 11) is 1.32. The van der Waals surface area contributed by atoms with Crippen molar-refractivity contribution < 1.29 is 23.9 Å². The number of benzene rings is 1. The highest BCUT2D eigenvalue weighted by Gasteiger charge is 2.34. The Morgan fingerprint density at radius 3 is 2.19 bits per heavy atom. The molecule has 1 aromatic rings. The van der Waals surface area contributed by atoms with E-state index in [1.54, 1.807) is 29.2 Å². The molecule has 0 N–H and O–H groups in total. The van der Waals surface area contributed by atoms with Crippen LogP contribution in [0.2, 0.25) is 0 Å². The van der Waals surface area contributed by atoms with Gasteiger partial charge in [-0.2, -0.15) is 0 Å². The number of hydrogen-bond acceptors (Lipinski definition) is 5. The maximum atomic E-state index is 12.4. The summed E-state index contributed by atoms with van der Waals surface area (Å²) in [6.45, 7) is 3.03. The standard InChI is InChI=1S/C19H24N2O5/c1-3-11-20(13-10-17(23)26-2)16(22)9-6-12-21-18(24)14-7-4-5-8-15(14)19(21)25/h4-5,7-8H,3,6,9-13H2,1-2H3. The van der Waals surface area contributed by atoms with Crippen molar-refractivity contribution in [3.8, 4) is 0 Å². The highest BCUT2D eigenvalue weighted by atomic mass is 16.5. The highest BCUT2D eigenvalue weighted by molar-refractivity contribution is 6.21. The van der Waals surface area contributed by atoms with Crippen molar-refractivity contribution in [1.82, 2.24) is 9.80 Å². The number of methoxy groups -OCH3 is 1. The van der Waals surface area contributed by atoms with Crippen molar-refractivity contribution in [2.45, 2.75) is 32.6 Å². The number of carbonyl (C=O) groups is 4. The lowest BCUT2D eigenvalue weighted by atomic mass is 10.1. The van der Waals surface area contributed by atoms with Gasteiger partial charge < -0.3 is 9.64 Å². The first-order chi connectivity index (χ1) is 12.5. The van der Waals surface area contributed by atoms with Gasteiger partial charge in [-0.15, -0.1) is 0 Å². The van der Waals surface area contributed by atoms with Crippen LogP contribution in [0, 0.1) is 0 Å². The summed E-state index contributed by atoms with van der Waals surface area (Å²) in [5.74, 6) is -1.07. The second kappa shape index (κ2) is 9.12. The number of carbonyl (C=O) groups excluding carboxylic acids is 4. The predicted octanol–water partition coefficient (Wildman–Crippen LogP) is 1.86. The molecule has 0 unspecified atom stereocenters. The predicted molar refractivity (Wildman–Crippen MR) is 94.5 cm³/mol. The van der Waals surface area contributed by atoms with Gasteiger partial charge in [0, 0.05) is 26.1 Å². The van der Waals surface area contributed by atoms with E-state index < -0.39 is 0 Å². The zero-order chi connectivity index (χ0) is 19.1. The number of fused-ring (bicyclic) bond motifs is 1. The Bertz CT molecular complexity index is 666. The first-order valence-electron chi connectivity index (χ1n) is 8.79. The molecule has 7 nitrogen and oxygen atoms in total. The number of nitrogens with zero attached hydrogens (tertiary/aromatic N) is 2. The fourth-order valence-corrected chi connectivity index (χ4v) is 2.95. The molecule has 0 spiro atoms. The fourth-order valence-electron chi connectivity index (χ4n) is 2.95. The first-order valence-corrected chi connectivity index (χ1v) is 8.79. The van der Waals surface area contributed by atoms with E-state index in [0.717, 1.165) is 6.42 Å². The van der Waals surface area contributed by atoms with Crippen molar-refractivity contribution in [2.75, 3.05) is 26.7 Å². The van der Waals surface area contributed by atoms with Gasteiger partial charge in [0.15, 0.2) is 0 Å². The number of rotatable bonds is 9. The summed E-state index contributed by atoms with van der Waals surface area (Å²) in [5, 5.41) is 0. The number of hydrogen-bond donors (Lipinski definition) is 0. The summed E-state index contributed by atoms with van der Waals surface area (Å²) in [4.78, 5) is 51.0. The Morgan fingerprint density at radius 1 is 1.04 bits per heavy atom. The molecule has 0 radical (unpaired) electrons. The van der Waals surface area contributed by atoms with Crippen LogP contribution in [0.15, 0.2) is 24.3 Å². The molecule has 3 amide bonds. The summed E-state index contributed by atoms with van der Waals surface area (Å²) in [6, 6.07) is 6.72. The van der Waals surface area contributed by atoms with E-state index in [2.05, 4.69) is 4.74 Å². The Balaban J connectivity index is 1.86. The Hall–Kier alpha value is -2.70. The van der Waals surface area contributed by atoms with E-state index in [1.165, 1.54) is 12.0 Å². The van der Waals surface area contributed by atoms with E-state index in [4.69, 9.17) is 0 Å². The van der Waals surface area contributed by atoms with E-state index in [-0.39, 0.29) is 43.1 Å². The molecule has 1 aromatic carbocycles. The van der Waals surface area contributed by atoms with Crippen LogP contribution in [-0.4, -0.2) is 60.2 Å². The van der Waals surface area contributed by atoms with E-state index >= 15 is 0 Å². The largest absolute Gasteiger partial charge is 0.469 e. The van der Waals surface area contributed by atoms with Crippen LogP contribution < -0.4 is 0 Å². The van der Waals surface area contributed by atoms with Gasteiger partial charge in [0.25, 0.3) is 11.8 Å². The second-order valence-electron chi connectivity index (χ2n) is 6.12. The monoisotopic (exact) mass is 360 g/mol. The molecule has 2 rings (SSSR count). The minimum absolute atomic E-state index is 0.0904. The molecular formula is C19H24N2O5. The fraction of sp³-hybridized carbons (Fsp3) is 0.474. The van der Waals surface area contributed by atoms with Crippen molar-refractivity contribution in [3.05, 3.63) is 35.4 Å². The highest BCUT2D eigenvalue weighted by Crippen LogP contribution is 2.22. The molecule has 0 saturated carbocycles. The number of amides is 3. The van der Waals surface area contributed by atoms with E-state index in [0.29, 0.717) is 30.6 Å². The minimum atomic E-state index is -0.357. The lowest BCUT2D eigenvalue weighted by Gasteiger charge is -2.22. The summed E-state index contributed by atoms with van der Waals surface area (Å²) < 4.78 is 4.60. The maximum absolute atomic E-state index is 12.4. The van der Waals surface area contributed by atoms with Crippen LogP contribution in [0.5, 0.6) is 0 Å². The molecule has 140 valence electrons. The van der Waals surface area contributed by atoms with Crippen molar-refractivity contribution >= 4 is 23.7 Å². The molecule has 1 aliphatic rings. The SMILES string of the molecule is CCCN(CCC(=O)OC)C(=O)CCCN1C(=O)c2ccccc2C1=O. The van der Waals surface area contributed by atoms with Gasteiger partial charge in [0.05, 0.1) is 24.7 Å². The smallest absolute Gasteiger partial charge is 0.307 e. The third-order valence-corrected chi connectivity index (χ3v) is 4.31. The number of ether oxygens (including phenoxy) is 1. The van der Waals surface area contributed by atoms with Crippen molar-refractivity contribution in [3.63, 3.8) is 0 Å². The normalized spacial score (nSPS) is 12.9. The Labute approximate surface area is 152 Å². The van der Waals surface area contributed by atoms with Gasteiger partial charge in [-0.1, -0.05) is 19.1 Å². The van der Waals surface area contributed by atoms with Gasteiger partial charge in [-0.3, -0.25) is 24.1 Å². The summed E-state index contributed by atoms with van der Waals surface area (Å²) >= 11 is 0. The Kier molecular flexibility index (Phi) is 6.89. The number of imide groups is 1. The van der Waals surface area contributed by atoms with Crippen LogP contribution >= 0.6 is 0 Å². The van der Waals surface area contributed by atoms with Gasteiger partial charge in [0.2, 0.25) is 5.91 Å². The molecular weight excluding hydrogens is 336 g/mol. The van der Waals surface area contributed by atoms with Gasteiger partial charge in [0.1, 0.15) is 0 Å². The molecule has 1 aliphatic heterocycles. The van der Waals surface area contributed by atoms with Gasteiger partial charge in [-0.05, 0) is 25.0 Å². The van der Waals surface area contributed by atoms with Crippen LogP contribution in [0.1, 0.15) is 53.3 Å². The van der Waals surface area contributed by atoms with Crippen molar-refractivity contribution in [1.29, 1.82) is 0 Å². The van der Waals surface area contributed by atoms with Crippen LogP contribution in [0.3, 0.4) is 0 Å². The van der Waals surface area contributed by atoms with E-state index in [1.807, 2.05) is 6.92 Å². The van der Waals surface area contributed by atoms with Crippen LogP contribution in [0.25, 0.3) is 0 Å². The molecule has 0 fully saturated rings. The second-order valence-corrected chi connectivity index (χ2v) is 6.12. The average molecular weight is 360 g/mol. The van der Waals surface area contributed by atoms with Gasteiger partial charge in [-0.25, -0.2) is 0 Å². The zero-order valence-electron chi connectivity index (χ0n) is 15.2. The average Bonchev–Trinajstić information content (AvgIpc) is 2.89. The first kappa shape index (κ1) is 19.6. The Morgan fingerprint density at radius 2 is 1.65 bits per heavy atom. The van der Waals surface area contributed by atoms with Gasteiger partial charge >= 0.3 is 5.97 Å². The quantitative estimate of drug-likeness (QED) is 0.496. The number of esters is 1. The topological polar surface area (TPSA) is 84.0 Å². The summed E-state index contributed by atoms with van der Waals surface area (Å²) in [6.07, 6.45) is 1.54.